The van der Waals surface area contributed by atoms with Gasteiger partial charge in [0.25, 0.3) is 0 Å². The normalized spacial score (nSPS) is 18.0. The van der Waals surface area contributed by atoms with Gasteiger partial charge in [0.1, 0.15) is 11.6 Å². The van der Waals surface area contributed by atoms with E-state index >= 15 is 17.6 Å². The standard InChI is InChI=1S/C29H16F14O4S/c1-11-3-7-13(8-4-11)48(44,45)14-9-5-12(6-10-14)47-26-23(36)19(32)16(20(33)24(26)37)27(28(38,39)40,29(41,42)43)15-17(30)21(34)25(46-2)22(35)18(15)31/h3-10,23,26H,1-2H3. The number of sulfone groups is 1. The summed E-state index contributed by atoms with van der Waals surface area (Å²) < 4.78 is 240. The quantitative estimate of drug-likeness (QED) is 0.180. The molecule has 260 valence electrons. The van der Waals surface area contributed by atoms with Crippen molar-refractivity contribution in [3.05, 3.63) is 106 Å². The second kappa shape index (κ2) is 12.3. The van der Waals surface area contributed by atoms with E-state index in [0.29, 0.717) is 24.8 Å². The largest absolute Gasteiger partial charge is 0.491 e. The maximum absolute atomic E-state index is 15.4. The fraction of sp³-hybridized carbons (Fsp3) is 0.241. The van der Waals surface area contributed by atoms with Crippen LogP contribution in [0, 0.1) is 30.2 Å². The van der Waals surface area contributed by atoms with E-state index in [1.807, 2.05) is 0 Å². The molecule has 0 amide bonds. The van der Waals surface area contributed by atoms with Crippen molar-refractivity contribution < 1.29 is 79.4 Å². The summed E-state index contributed by atoms with van der Waals surface area (Å²) in [5, 5.41) is 0. The summed E-state index contributed by atoms with van der Waals surface area (Å²) in [4.78, 5) is -0.672. The molecular formula is C29H16F14O4S. The highest BCUT2D eigenvalue weighted by Crippen LogP contribution is 2.62. The van der Waals surface area contributed by atoms with Crippen LogP contribution in [0.1, 0.15) is 11.1 Å². The Balaban J connectivity index is 1.87. The highest BCUT2D eigenvalue weighted by atomic mass is 32.2. The minimum Gasteiger partial charge on any atom is -0.491 e. The van der Waals surface area contributed by atoms with Gasteiger partial charge >= 0.3 is 12.4 Å². The van der Waals surface area contributed by atoms with Crippen LogP contribution >= 0.6 is 0 Å². The first-order valence-corrected chi connectivity index (χ1v) is 14.3. The molecule has 0 aliphatic heterocycles. The number of allylic oxidation sites excluding steroid dienone is 2. The van der Waals surface area contributed by atoms with Crippen LogP contribution in [0.25, 0.3) is 0 Å². The lowest BCUT2D eigenvalue weighted by atomic mass is 9.69. The summed E-state index contributed by atoms with van der Waals surface area (Å²) in [5.74, 6) is -26.1. The van der Waals surface area contributed by atoms with Crippen molar-refractivity contribution in [2.24, 2.45) is 0 Å². The lowest BCUT2D eigenvalue weighted by molar-refractivity contribution is -0.292. The molecule has 19 heteroatoms. The van der Waals surface area contributed by atoms with Gasteiger partial charge < -0.3 is 9.47 Å². The van der Waals surface area contributed by atoms with E-state index in [1.165, 1.54) is 24.3 Å². The number of halogens is 14. The second-order valence-corrected chi connectivity index (χ2v) is 12.0. The Morgan fingerprint density at radius 1 is 0.667 bits per heavy atom. The zero-order chi connectivity index (χ0) is 36.3. The SMILES string of the molecule is COc1c(F)c(F)c(C(C2=C(F)C(F)C(Oc3ccc(S(=O)(=O)c4ccc(C)cc4)cc3)C(F)=C2F)(C(F)(F)F)C(F)(F)F)c(F)c1F. The minimum atomic E-state index is -7.41. The van der Waals surface area contributed by atoms with Crippen LogP contribution in [-0.4, -0.2) is 40.2 Å². The summed E-state index contributed by atoms with van der Waals surface area (Å²) in [6.07, 6.45) is -22.3. The Labute approximate surface area is 260 Å². The summed E-state index contributed by atoms with van der Waals surface area (Å²) in [5.41, 5.74) is -13.6. The molecule has 0 N–H and O–H groups in total. The number of hydrogen-bond donors (Lipinski definition) is 0. The molecular weight excluding hydrogens is 710 g/mol. The van der Waals surface area contributed by atoms with Crippen LogP contribution in [0.15, 0.2) is 81.4 Å². The highest BCUT2D eigenvalue weighted by Gasteiger charge is 2.78. The van der Waals surface area contributed by atoms with E-state index in [1.54, 1.807) is 6.92 Å². The van der Waals surface area contributed by atoms with Crippen LogP contribution in [-0.2, 0) is 15.3 Å². The Kier molecular flexibility index (Phi) is 9.37. The Hall–Kier alpha value is -4.29. The number of aryl methyl sites for hydroxylation is 1. The van der Waals surface area contributed by atoms with Crippen LogP contribution < -0.4 is 9.47 Å². The van der Waals surface area contributed by atoms with Gasteiger partial charge in [0, 0.05) is 0 Å². The summed E-state index contributed by atoms with van der Waals surface area (Å²) in [7, 11) is -3.92. The molecule has 48 heavy (non-hydrogen) atoms. The van der Waals surface area contributed by atoms with Crippen molar-refractivity contribution >= 4 is 9.84 Å². The molecule has 1 aliphatic carbocycles. The Morgan fingerprint density at radius 3 is 1.52 bits per heavy atom. The van der Waals surface area contributed by atoms with E-state index in [0.717, 1.165) is 12.1 Å². The molecule has 0 aromatic heterocycles. The number of methoxy groups -OCH3 is 1. The van der Waals surface area contributed by atoms with Crippen LogP contribution in [0.5, 0.6) is 11.5 Å². The molecule has 3 aromatic rings. The predicted molar refractivity (Wildman–Crippen MR) is 136 cm³/mol. The van der Waals surface area contributed by atoms with Gasteiger partial charge in [-0.2, -0.15) is 35.1 Å². The molecule has 3 aromatic carbocycles. The molecule has 2 unspecified atom stereocenters. The third kappa shape index (κ3) is 5.54. The first-order chi connectivity index (χ1) is 22.0. The molecule has 4 rings (SSSR count). The van der Waals surface area contributed by atoms with Crippen LogP contribution in [0.4, 0.5) is 61.5 Å². The van der Waals surface area contributed by atoms with Crippen molar-refractivity contribution in [1.29, 1.82) is 0 Å². The van der Waals surface area contributed by atoms with E-state index in [4.69, 9.17) is 4.74 Å². The summed E-state index contributed by atoms with van der Waals surface area (Å²) in [6.45, 7) is 1.66. The minimum absolute atomic E-state index is 0.212. The monoisotopic (exact) mass is 726 g/mol. The summed E-state index contributed by atoms with van der Waals surface area (Å²) in [6, 6.07) is 8.24. The van der Waals surface area contributed by atoms with Gasteiger partial charge in [0.2, 0.25) is 26.9 Å². The van der Waals surface area contributed by atoms with Gasteiger partial charge in [-0.15, -0.1) is 0 Å². The molecule has 0 heterocycles. The molecule has 4 nitrogen and oxygen atoms in total. The van der Waals surface area contributed by atoms with Gasteiger partial charge in [-0.3, -0.25) is 0 Å². The third-order valence-electron chi connectivity index (χ3n) is 7.18. The number of alkyl halides is 7. The van der Waals surface area contributed by atoms with Gasteiger partial charge in [-0.05, 0) is 43.3 Å². The number of benzene rings is 3. The van der Waals surface area contributed by atoms with Crippen molar-refractivity contribution in [2.45, 2.75) is 46.8 Å². The number of rotatable bonds is 7. The van der Waals surface area contributed by atoms with Crippen molar-refractivity contribution in [3.63, 3.8) is 0 Å². The van der Waals surface area contributed by atoms with Gasteiger partial charge in [0.15, 0.2) is 41.3 Å². The fourth-order valence-electron chi connectivity index (χ4n) is 4.87. The van der Waals surface area contributed by atoms with Crippen molar-refractivity contribution in [2.75, 3.05) is 7.11 Å². The third-order valence-corrected chi connectivity index (χ3v) is 8.97. The van der Waals surface area contributed by atoms with Gasteiger partial charge in [-0.1, -0.05) is 17.7 Å². The molecule has 0 saturated heterocycles. The van der Waals surface area contributed by atoms with E-state index in [2.05, 4.69) is 4.74 Å². The maximum atomic E-state index is 15.4. The zero-order valence-electron chi connectivity index (χ0n) is 23.6. The molecule has 0 saturated carbocycles. The topological polar surface area (TPSA) is 52.6 Å². The molecule has 0 fully saturated rings. The first-order valence-electron chi connectivity index (χ1n) is 12.8. The maximum Gasteiger partial charge on any atom is 0.411 e. The Morgan fingerprint density at radius 2 is 1.10 bits per heavy atom. The van der Waals surface area contributed by atoms with E-state index < -0.39 is 108 Å². The lowest BCUT2D eigenvalue weighted by Gasteiger charge is -2.41. The lowest BCUT2D eigenvalue weighted by Crippen LogP contribution is -2.58. The smallest absolute Gasteiger partial charge is 0.411 e. The van der Waals surface area contributed by atoms with Crippen LogP contribution in [0.3, 0.4) is 0 Å². The molecule has 1 aliphatic rings. The predicted octanol–water partition coefficient (Wildman–Crippen LogP) is 8.93. The Bertz CT molecular complexity index is 1870. The van der Waals surface area contributed by atoms with Gasteiger partial charge in [0.05, 0.1) is 28.0 Å². The fourth-order valence-corrected chi connectivity index (χ4v) is 6.13. The first kappa shape index (κ1) is 36.5. The number of ether oxygens (including phenoxy) is 2. The number of hydrogen-bond acceptors (Lipinski definition) is 4. The molecule has 0 spiro atoms. The van der Waals surface area contributed by atoms with E-state index in [-0.39, 0.29) is 4.90 Å². The molecule has 2 atom stereocenters. The average molecular weight is 726 g/mol. The summed E-state index contributed by atoms with van der Waals surface area (Å²) >= 11 is 0. The molecule has 0 radical (unpaired) electrons. The molecule has 0 bridgehead atoms. The highest BCUT2D eigenvalue weighted by molar-refractivity contribution is 7.91. The zero-order valence-corrected chi connectivity index (χ0v) is 24.4. The second-order valence-electron chi connectivity index (χ2n) is 10.0. The average Bonchev–Trinajstić information content (AvgIpc) is 3.00. The van der Waals surface area contributed by atoms with Crippen molar-refractivity contribution in [3.8, 4) is 11.5 Å². The van der Waals surface area contributed by atoms with E-state index in [9.17, 15) is 52.3 Å². The van der Waals surface area contributed by atoms with Crippen molar-refractivity contribution in [1.82, 2.24) is 0 Å². The van der Waals surface area contributed by atoms with Gasteiger partial charge in [-0.25, -0.2) is 34.8 Å². The van der Waals surface area contributed by atoms with Crippen LogP contribution in [0.2, 0.25) is 0 Å².